The number of nitrogens with one attached hydrogen (secondary N) is 1. The van der Waals surface area contributed by atoms with Crippen LogP contribution in [0, 0.1) is 6.92 Å². The van der Waals surface area contributed by atoms with Gasteiger partial charge in [-0.2, -0.15) is 0 Å². The molecule has 0 fully saturated rings. The molecule has 3 nitrogen and oxygen atoms in total. The number of rotatable bonds is 2. The van der Waals surface area contributed by atoms with Crippen molar-refractivity contribution in [2.45, 2.75) is 6.92 Å². The number of halogens is 2. The molecule has 0 saturated carbocycles. The number of nitrogen functional groups attached to an aromatic ring is 1. The Morgan fingerprint density at radius 3 is 2.63 bits per heavy atom. The van der Waals surface area contributed by atoms with E-state index in [9.17, 15) is 4.79 Å². The number of hydrogen-bond donors (Lipinski definition) is 2. The Bertz CT molecular complexity index is 643. The van der Waals surface area contributed by atoms with E-state index >= 15 is 0 Å². The lowest BCUT2D eigenvalue weighted by Crippen LogP contribution is -2.14. The van der Waals surface area contributed by atoms with Crippen LogP contribution in [0.25, 0.3) is 0 Å². The predicted molar refractivity (Wildman–Crippen MR) is 82.7 cm³/mol. The average molecular weight is 340 g/mol. The summed E-state index contributed by atoms with van der Waals surface area (Å²) >= 11 is 9.22. The van der Waals surface area contributed by atoms with Crippen molar-refractivity contribution in [2.75, 3.05) is 11.1 Å². The Morgan fingerprint density at radius 1 is 1.26 bits per heavy atom. The monoisotopic (exact) mass is 338 g/mol. The summed E-state index contributed by atoms with van der Waals surface area (Å²) in [6.07, 6.45) is 0. The summed E-state index contributed by atoms with van der Waals surface area (Å²) in [5.41, 5.74) is 8.34. The highest BCUT2D eigenvalue weighted by Crippen LogP contribution is 2.23. The summed E-state index contributed by atoms with van der Waals surface area (Å²) in [5, 5.41) is 3.30. The van der Waals surface area contributed by atoms with Crippen molar-refractivity contribution in [3.05, 3.63) is 57.0 Å². The van der Waals surface area contributed by atoms with Crippen molar-refractivity contribution >= 4 is 44.8 Å². The molecule has 0 bridgehead atoms. The number of carbonyl (C=O) groups excluding carboxylic acids is 1. The first-order chi connectivity index (χ1) is 8.97. The van der Waals surface area contributed by atoms with Crippen LogP contribution in [0.4, 0.5) is 11.4 Å². The zero-order chi connectivity index (χ0) is 14.0. The van der Waals surface area contributed by atoms with Gasteiger partial charge in [-0.25, -0.2) is 0 Å². The van der Waals surface area contributed by atoms with Crippen molar-refractivity contribution in [3.8, 4) is 0 Å². The van der Waals surface area contributed by atoms with Crippen LogP contribution >= 0.6 is 27.5 Å². The molecular weight excluding hydrogens is 328 g/mol. The Kier molecular flexibility index (Phi) is 4.12. The van der Waals surface area contributed by atoms with Crippen LogP contribution in [0.2, 0.25) is 5.02 Å². The number of hydrogen-bond acceptors (Lipinski definition) is 2. The van der Waals surface area contributed by atoms with E-state index in [1.54, 1.807) is 18.2 Å². The number of carbonyl (C=O) groups is 1. The largest absolute Gasteiger partial charge is 0.398 e. The third-order valence-corrected chi connectivity index (χ3v) is 3.78. The van der Waals surface area contributed by atoms with E-state index in [2.05, 4.69) is 21.2 Å². The summed E-state index contributed by atoms with van der Waals surface area (Å²) < 4.78 is 0.939. The Balaban J connectivity index is 2.23. The smallest absolute Gasteiger partial charge is 0.257 e. The van der Waals surface area contributed by atoms with Crippen LogP contribution < -0.4 is 11.1 Å². The predicted octanol–water partition coefficient (Wildman–Crippen LogP) is 4.25. The van der Waals surface area contributed by atoms with Gasteiger partial charge in [-0.3, -0.25) is 4.79 Å². The van der Waals surface area contributed by atoms with Crippen LogP contribution in [0.3, 0.4) is 0 Å². The minimum Gasteiger partial charge on any atom is -0.398 e. The molecule has 0 saturated heterocycles. The van der Waals surface area contributed by atoms with E-state index < -0.39 is 0 Å². The minimum atomic E-state index is -0.259. The summed E-state index contributed by atoms with van der Waals surface area (Å²) in [7, 11) is 0. The highest BCUT2D eigenvalue weighted by Gasteiger charge is 2.10. The van der Waals surface area contributed by atoms with E-state index in [1.165, 1.54) is 0 Å². The molecule has 0 spiro atoms. The zero-order valence-electron chi connectivity index (χ0n) is 10.2. The molecule has 0 unspecified atom stereocenters. The molecule has 0 aliphatic heterocycles. The number of aryl methyl sites for hydroxylation is 1. The Hall–Kier alpha value is -1.52. The second kappa shape index (κ2) is 5.63. The molecule has 0 aliphatic carbocycles. The topological polar surface area (TPSA) is 55.1 Å². The molecule has 98 valence electrons. The van der Waals surface area contributed by atoms with Crippen LogP contribution in [-0.4, -0.2) is 5.91 Å². The van der Waals surface area contributed by atoms with E-state index in [-0.39, 0.29) is 5.91 Å². The van der Waals surface area contributed by atoms with Gasteiger partial charge in [0.2, 0.25) is 0 Å². The molecule has 0 atom stereocenters. The lowest BCUT2D eigenvalue weighted by Gasteiger charge is -2.09. The number of benzene rings is 2. The highest BCUT2D eigenvalue weighted by molar-refractivity contribution is 9.10. The fourth-order valence-corrected chi connectivity index (χ4v) is 2.17. The lowest BCUT2D eigenvalue weighted by molar-refractivity contribution is 0.102. The first-order valence-electron chi connectivity index (χ1n) is 5.60. The molecule has 3 N–H and O–H groups in total. The SMILES string of the molecule is Cc1ccc(NC(=O)c2ccc(Cl)cc2N)cc1Br. The average Bonchev–Trinajstić information content (AvgIpc) is 2.33. The zero-order valence-corrected chi connectivity index (χ0v) is 12.5. The third kappa shape index (κ3) is 3.28. The molecule has 1 amide bonds. The van der Waals surface area contributed by atoms with Crippen LogP contribution in [0.15, 0.2) is 40.9 Å². The molecule has 19 heavy (non-hydrogen) atoms. The number of anilines is 2. The van der Waals surface area contributed by atoms with Gasteiger partial charge in [0.25, 0.3) is 5.91 Å². The summed E-state index contributed by atoms with van der Waals surface area (Å²) in [6.45, 7) is 1.98. The number of nitrogens with two attached hydrogens (primary N) is 1. The third-order valence-electron chi connectivity index (χ3n) is 2.69. The van der Waals surface area contributed by atoms with Gasteiger partial charge in [-0.05, 0) is 42.8 Å². The molecule has 0 aromatic heterocycles. The molecule has 0 radical (unpaired) electrons. The van der Waals surface area contributed by atoms with E-state index in [1.807, 2.05) is 25.1 Å². The molecule has 0 aliphatic rings. The quantitative estimate of drug-likeness (QED) is 0.804. The first-order valence-corrected chi connectivity index (χ1v) is 6.77. The van der Waals surface area contributed by atoms with Crippen molar-refractivity contribution in [1.82, 2.24) is 0 Å². The first kappa shape index (κ1) is 13.9. The molecular formula is C14H12BrClN2O. The van der Waals surface area contributed by atoms with E-state index in [0.717, 1.165) is 10.0 Å². The summed E-state index contributed by atoms with van der Waals surface area (Å²) in [6, 6.07) is 10.4. The fourth-order valence-electron chi connectivity index (χ4n) is 1.61. The minimum absolute atomic E-state index is 0.259. The molecule has 2 aromatic rings. The van der Waals surface area contributed by atoms with Crippen molar-refractivity contribution < 1.29 is 4.79 Å². The fraction of sp³-hybridized carbons (Fsp3) is 0.0714. The second-order valence-electron chi connectivity index (χ2n) is 4.15. The lowest BCUT2D eigenvalue weighted by atomic mass is 10.1. The Morgan fingerprint density at radius 2 is 2.00 bits per heavy atom. The maximum Gasteiger partial charge on any atom is 0.257 e. The second-order valence-corrected chi connectivity index (χ2v) is 5.44. The van der Waals surface area contributed by atoms with Gasteiger partial charge in [0.15, 0.2) is 0 Å². The van der Waals surface area contributed by atoms with E-state index in [4.69, 9.17) is 17.3 Å². The van der Waals surface area contributed by atoms with Crippen molar-refractivity contribution in [2.24, 2.45) is 0 Å². The van der Waals surface area contributed by atoms with Gasteiger partial charge in [-0.15, -0.1) is 0 Å². The van der Waals surface area contributed by atoms with Crippen LogP contribution in [-0.2, 0) is 0 Å². The van der Waals surface area contributed by atoms with Gasteiger partial charge in [0.05, 0.1) is 5.56 Å². The van der Waals surface area contributed by atoms with Crippen LogP contribution in [0.5, 0.6) is 0 Å². The van der Waals surface area contributed by atoms with Gasteiger partial charge < -0.3 is 11.1 Å². The van der Waals surface area contributed by atoms with Crippen molar-refractivity contribution in [1.29, 1.82) is 0 Å². The summed E-state index contributed by atoms with van der Waals surface area (Å²) in [5.74, 6) is -0.259. The highest BCUT2D eigenvalue weighted by atomic mass is 79.9. The summed E-state index contributed by atoms with van der Waals surface area (Å²) in [4.78, 5) is 12.1. The van der Waals surface area contributed by atoms with Gasteiger partial charge in [0, 0.05) is 20.9 Å². The molecule has 0 heterocycles. The maximum absolute atomic E-state index is 12.1. The maximum atomic E-state index is 12.1. The number of amides is 1. The molecule has 2 rings (SSSR count). The van der Waals surface area contributed by atoms with Gasteiger partial charge in [0.1, 0.15) is 0 Å². The molecule has 5 heteroatoms. The van der Waals surface area contributed by atoms with E-state index in [0.29, 0.717) is 22.0 Å². The normalized spacial score (nSPS) is 10.3. The Labute approximate surface area is 124 Å². The van der Waals surface area contributed by atoms with Crippen LogP contribution in [0.1, 0.15) is 15.9 Å². The van der Waals surface area contributed by atoms with Gasteiger partial charge in [-0.1, -0.05) is 33.6 Å². The van der Waals surface area contributed by atoms with Crippen molar-refractivity contribution in [3.63, 3.8) is 0 Å². The molecule has 2 aromatic carbocycles. The van der Waals surface area contributed by atoms with Gasteiger partial charge >= 0.3 is 0 Å². The standard InChI is InChI=1S/C14H12BrClN2O/c1-8-2-4-10(7-12(8)15)18-14(19)11-5-3-9(16)6-13(11)17/h2-7H,17H2,1H3,(H,18,19).